The third-order valence-corrected chi connectivity index (χ3v) is 3.23. The van der Waals surface area contributed by atoms with E-state index in [1.807, 2.05) is 0 Å². The first-order valence-corrected chi connectivity index (χ1v) is 6.70. The second-order valence-corrected chi connectivity index (χ2v) is 5.71. The van der Waals surface area contributed by atoms with E-state index in [0.29, 0.717) is 6.54 Å². The van der Waals surface area contributed by atoms with Gasteiger partial charge in [0.25, 0.3) is 0 Å². The highest BCUT2D eigenvalue weighted by molar-refractivity contribution is 7.90. The molecule has 0 saturated carbocycles. The summed E-state index contributed by atoms with van der Waals surface area (Å²) < 4.78 is 35.9. The molecule has 0 radical (unpaired) electrons. The number of sulfone groups is 1. The zero-order chi connectivity index (χ0) is 12.3. The molecule has 1 aromatic rings. The summed E-state index contributed by atoms with van der Waals surface area (Å²) in [4.78, 5) is 0.0839. The van der Waals surface area contributed by atoms with Gasteiger partial charge in [-0.3, -0.25) is 0 Å². The monoisotopic (exact) mass is 246 g/mol. The van der Waals surface area contributed by atoms with Gasteiger partial charge >= 0.3 is 0 Å². The van der Waals surface area contributed by atoms with Crippen molar-refractivity contribution < 1.29 is 12.8 Å². The van der Waals surface area contributed by atoms with Gasteiger partial charge in [-0.1, -0.05) is 0 Å². The Kier molecular flexibility index (Phi) is 3.88. The fourth-order valence-corrected chi connectivity index (χ4v) is 1.82. The van der Waals surface area contributed by atoms with Crippen molar-refractivity contribution in [2.75, 3.05) is 18.1 Å². The van der Waals surface area contributed by atoms with E-state index in [2.05, 4.69) is 5.32 Å². The highest BCUT2D eigenvalue weighted by atomic mass is 32.2. The van der Waals surface area contributed by atoms with Crippen molar-refractivity contribution in [1.29, 1.82) is 0 Å². The van der Waals surface area contributed by atoms with Gasteiger partial charge in [0.1, 0.15) is 5.82 Å². The molecule has 0 heterocycles. The van der Waals surface area contributed by atoms with E-state index in [4.69, 9.17) is 5.73 Å². The Balaban J connectivity index is 3.09. The zero-order valence-electron chi connectivity index (χ0n) is 9.20. The Morgan fingerprint density at radius 3 is 2.62 bits per heavy atom. The average Bonchev–Trinajstić information content (AvgIpc) is 2.19. The summed E-state index contributed by atoms with van der Waals surface area (Å²) in [6, 6.07) is 3.52. The summed E-state index contributed by atoms with van der Waals surface area (Å²) in [5, 5.41) is 2.81. The Morgan fingerprint density at radius 1 is 1.50 bits per heavy atom. The minimum atomic E-state index is -3.32. The molecule has 0 amide bonds. The Hall–Kier alpha value is -1.14. The molecule has 1 atom stereocenters. The minimum absolute atomic E-state index is 0.0839. The van der Waals surface area contributed by atoms with Crippen molar-refractivity contribution in [3.8, 4) is 0 Å². The van der Waals surface area contributed by atoms with Crippen LogP contribution in [0.3, 0.4) is 0 Å². The molecule has 3 N–H and O–H groups in total. The van der Waals surface area contributed by atoms with Crippen LogP contribution >= 0.6 is 0 Å². The molecular formula is C10H15FN2O2S. The Labute approximate surface area is 94.6 Å². The van der Waals surface area contributed by atoms with E-state index in [-0.39, 0.29) is 16.6 Å². The molecule has 0 aliphatic carbocycles. The molecule has 0 fully saturated rings. The number of anilines is 1. The van der Waals surface area contributed by atoms with Crippen LogP contribution in [-0.2, 0) is 9.84 Å². The first-order valence-electron chi connectivity index (χ1n) is 4.81. The second kappa shape index (κ2) is 4.80. The number of nitrogens with two attached hydrogens (primary N) is 1. The fourth-order valence-electron chi connectivity index (χ4n) is 1.17. The van der Waals surface area contributed by atoms with E-state index in [1.54, 1.807) is 6.92 Å². The summed E-state index contributed by atoms with van der Waals surface area (Å²) in [7, 11) is -3.32. The zero-order valence-corrected chi connectivity index (χ0v) is 10.0. The van der Waals surface area contributed by atoms with E-state index in [0.717, 1.165) is 12.3 Å². The SMILES string of the molecule is CC(CN)Nc1cc(S(C)(=O)=O)ccc1F. The molecule has 16 heavy (non-hydrogen) atoms. The third-order valence-electron chi connectivity index (χ3n) is 2.12. The van der Waals surface area contributed by atoms with Crippen LogP contribution < -0.4 is 11.1 Å². The normalized spacial score (nSPS) is 13.5. The molecule has 0 spiro atoms. The van der Waals surface area contributed by atoms with Crippen LogP contribution in [0.4, 0.5) is 10.1 Å². The molecule has 0 aromatic heterocycles. The topological polar surface area (TPSA) is 72.2 Å². The molecular weight excluding hydrogens is 231 g/mol. The number of halogens is 1. The van der Waals surface area contributed by atoms with Crippen molar-refractivity contribution in [3.63, 3.8) is 0 Å². The maximum absolute atomic E-state index is 13.4. The average molecular weight is 246 g/mol. The third kappa shape index (κ3) is 3.18. The van der Waals surface area contributed by atoms with Gasteiger partial charge in [0.05, 0.1) is 10.6 Å². The number of rotatable bonds is 4. The van der Waals surface area contributed by atoms with Gasteiger partial charge in [-0.15, -0.1) is 0 Å². The summed E-state index contributed by atoms with van der Waals surface area (Å²) in [5.41, 5.74) is 5.54. The molecule has 0 aliphatic heterocycles. The van der Waals surface area contributed by atoms with Crippen molar-refractivity contribution in [2.45, 2.75) is 17.9 Å². The highest BCUT2D eigenvalue weighted by Crippen LogP contribution is 2.20. The summed E-state index contributed by atoms with van der Waals surface area (Å²) in [6.45, 7) is 2.12. The lowest BCUT2D eigenvalue weighted by Gasteiger charge is -2.14. The first-order chi connectivity index (χ1) is 7.34. The number of benzene rings is 1. The van der Waals surface area contributed by atoms with Crippen LogP contribution in [0.15, 0.2) is 23.1 Å². The van der Waals surface area contributed by atoms with E-state index < -0.39 is 15.7 Å². The van der Waals surface area contributed by atoms with Gasteiger partial charge in [-0.2, -0.15) is 0 Å². The van der Waals surface area contributed by atoms with Crippen molar-refractivity contribution >= 4 is 15.5 Å². The molecule has 0 aliphatic rings. The summed E-state index contributed by atoms with van der Waals surface area (Å²) in [6.07, 6.45) is 1.08. The first kappa shape index (κ1) is 12.9. The fraction of sp³-hybridized carbons (Fsp3) is 0.400. The Bertz CT molecular complexity index is 474. The van der Waals surface area contributed by atoms with Gasteiger partial charge in [-0.25, -0.2) is 12.8 Å². The van der Waals surface area contributed by atoms with E-state index in [1.165, 1.54) is 12.1 Å². The number of hydrogen-bond donors (Lipinski definition) is 2. The van der Waals surface area contributed by atoms with Crippen LogP contribution in [0, 0.1) is 5.82 Å². The number of hydrogen-bond acceptors (Lipinski definition) is 4. The molecule has 0 bridgehead atoms. The second-order valence-electron chi connectivity index (χ2n) is 3.69. The summed E-state index contributed by atoms with van der Waals surface area (Å²) >= 11 is 0. The lowest BCUT2D eigenvalue weighted by molar-refractivity contribution is 0.600. The largest absolute Gasteiger partial charge is 0.379 e. The lowest BCUT2D eigenvalue weighted by atomic mass is 10.2. The maximum Gasteiger partial charge on any atom is 0.175 e. The van der Waals surface area contributed by atoms with E-state index in [9.17, 15) is 12.8 Å². The minimum Gasteiger partial charge on any atom is -0.379 e. The van der Waals surface area contributed by atoms with Crippen LogP contribution in [0.5, 0.6) is 0 Å². The van der Waals surface area contributed by atoms with Gasteiger partial charge in [0.15, 0.2) is 9.84 Å². The maximum atomic E-state index is 13.4. The number of nitrogens with one attached hydrogen (secondary N) is 1. The molecule has 90 valence electrons. The predicted octanol–water partition coefficient (Wildman–Crippen LogP) is 0.988. The quantitative estimate of drug-likeness (QED) is 0.777. The Morgan fingerprint density at radius 2 is 2.12 bits per heavy atom. The lowest BCUT2D eigenvalue weighted by Crippen LogP contribution is -2.25. The van der Waals surface area contributed by atoms with Crippen LogP contribution in [0.2, 0.25) is 0 Å². The van der Waals surface area contributed by atoms with Crippen LogP contribution in [0.25, 0.3) is 0 Å². The van der Waals surface area contributed by atoms with Gasteiger partial charge in [-0.05, 0) is 25.1 Å². The van der Waals surface area contributed by atoms with Crippen LogP contribution in [-0.4, -0.2) is 27.3 Å². The smallest absolute Gasteiger partial charge is 0.175 e. The van der Waals surface area contributed by atoms with Gasteiger partial charge in [0.2, 0.25) is 0 Å². The van der Waals surface area contributed by atoms with Crippen molar-refractivity contribution in [1.82, 2.24) is 0 Å². The predicted molar refractivity (Wildman–Crippen MR) is 61.6 cm³/mol. The molecule has 1 rings (SSSR count). The molecule has 4 nitrogen and oxygen atoms in total. The molecule has 0 saturated heterocycles. The molecule has 1 unspecified atom stereocenters. The molecule has 1 aromatic carbocycles. The van der Waals surface area contributed by atoms with Crippen molar-refractivity contribution in [2.24, 2.45) is 5.73 Å². The van der Waals surface area contributed by atoms with Gasteiger partial charge in [0, 0.05) is 18.8 Å². The summed E-state index contributed by atoms with van der Waals surface area (Å²) in [5.74, 6) is -0.493. The molecule has 6 heteroatoms. The van der Waals surface area contributed by atoms with Gasteiger partial charge < -0.3 is 11.1 Å². The highest BCUT2D eigenvalue weighted by Gasteiger charge is 2.12. The van der Waals surface area contributed by atoms with Crippen LogP contribution in [0.1, 0.15) is 6.92 Å². The van der Waals surface area contributed by atoms with Crippen molar-refractivity contribution in [3.05, 3.63) is 24.0 Å². The standard InChI is InChI=1S/C10H15FN2O2S/c1-7(6-12)13-10-5-8(16(2,14)15)3-4-9(10)11/h3-5,7,13H,6,12H2,1-2H3. The van der Waals surface area contributed by atoms with E-state index >= 15 is 0 Å².